The number of fused-ring (bicyclic) bond motifs is 1. The fourth-order valence-electron chi connectivity index (χ4n) is 4.85. The van der Waals surface area contributed by atoms with Crippen LogP contribution in [0, 0.1) is 6.92 Å². The van der Waals surface area contributed by atoms with Crippen LogP contribution in [-0.2, 0) is 0 Å². The number of aryl methyl sites for hydroxylation is 1. The van der Waals surface area contributed by atoms with Crippen LogP contribution in [0.3, 0.4) is 0 Å². The van der Waals surface area contributed by atoms with E-state index in [1.807, 2.05) is 24.0 Å². The normalized spacial score (nSPS) is 26.6. The van der Waals surface area contributed by atoms with Crippen molar-refractivity contribution in [3.05, 3.63) is 59.4 Å². The monoisotopic (exact) mass is 392 g/mol. The highest BCUT2D eigenvalue weighted by Gasteiger charge is 2.45. The Morgan fingerprint density at radius 3 is 2.71 bits per heavy atom. The molecule has 0 bridgehead atoms. The van der Waals surface area contributed by atoms with Crippen molar-refractivity contribution in [1.82, 2.24) is 9.88 Å². The summed E-state index contributed by atoms with van der Waals surface area (Å²) in [7, 11) is 0. The predicted molar refractivity (Wildman–Crippen MR) is 118 cm³/mol. The van der Waals surface area contributed by atoms with E-state index in [0.717, 1.165) is 17.9 Å². The molecule has 4 heterocycles. The largest absolute Gasteiger partial charge is 0.372 e. The zero-order valence-corrected chi connectivity index (χ0v) is 17.5. The van der Waals surface area contributed by atoms with Crippen LogP contribution in [0.4, 0.5) is 5.69 Å². The molecule has 3 aliphatic rings. The molecule has 0 N–H and O–H groups in total. The summed E-state index contributed by atoms with van der Waals surface area (Å²) in [6, 6.07) is 14.1. The summed E-state index contributed by atoms with van der Waals surface area (Å²) in [6.07, 6.45) is 5.67. The highest BCUT2D eigenvalue weighted by Crippen LogP contribution is 2.49. The summed E-state index contributed by atoms with van der Waals surface area (Å²) < 4.78 is 0. The number of thioether (sulfide) groups is 1. The lowest BCUT2D eigenvalue weighted by Crippen LogP contribution is -2.35. The molecule has 5 heteroatoms. The molecule has 0 aliphatic carbocycles. The second-order valence-corrected chi connectivity index (χ2v) is 9.06. The maximum atomic E-state index is 5.15. The first kappa shape index (κ1) is 18.0. The van der Waals surface area contributed by atoms with Crippen LogP contribution in [0.25, 0.3) is 0 Å². The van der Waals surface area contributed by atoms with Crippen LogP contribution in [0.15, 0.2) is 47.6 Å². The van der Waals surface area contributed by atoms with Gasteiger partial charge < -0.3 is 9.80 Å². The third kappa shape index (κ3) is 3.00. The second-order valence-electron chi connectivity index (χ2n) is 8.07. The average molecular weight is 393 g/mol. The van der Waals surface area contributed by atoms with E-state index in [4.69, 9.17) is 4.99 Å². The van der Waals surface area contributed by atoms with Gasteiger partial charge in [0.1, 0.15) is 6.04 Å². The Kier molecular flexibility index (Phi) is 4.79. The fraction of sp³-hybridized carbons (Fsp3) is 0.478. The van der Waals surface area contributed by atoms with E-state index in [1.165, 1.54) is 47.9 Å². The van der Waals surface area contributed by atoms with Gasteiger partial charge in [0.05, 0.1) is 11.7 Å². The first-order valence-electron chi connectivity index (χ1n) is 10.5. The van der Waals surface area contributed by atoms with E-state index in [0.29, 0.717) is 6.04 Å². The number of aliphatic imine (C=N–C) groups is 1. The first-order valence-corrected chi connectivity index (χ1v) is 11.5. The van der Waals surface area contributed by atoms with Gasteiger partial charge in [0.2, 0.25) is 0 Å². The van der Waals surface area contributed by atoms with Crippen LogP contribution in [0.1, 0.15) is 55.1 Å². The van der Waals surface area contributed by atoms with Gasteiger partial charge >= 0.3 is 0 Å². The highest BCUT2D eigenvalue weighted by atomic mass is 32.2. The topological polar surface area (TPSA) is 31.7 Å². The zero-order valence-electron chi connectivity index (χ0n) is 16.7. The van der Waals surface area contributed by atoms with E-state index in [1.54, 1.807) is 0 Å². The predicted octanol–water partition coefficient (Wildman–Crippen LogP) is 4.97. The van der Waals surface area contributed by atoms with Crippen LogP contribution < -0.4 is 4.90 Å². The standard InChI is InChI=1S/C23H28N4S/c1-3-17-15-28-23-25-21(20-8-4-5-11-24-20)22(27(17)23)19-10-9-18(14-16(19)2)26-12-6-7-13-26/h4-5,8-11,14,17,21-22H,3,6-7,12-13,15H2,1-2H3/t17-,21+,22-/m1/s1. The number of rotatable bonds is 4. The molecule has 2 fully saturated rings. The van der Waals surface area contributed by atoms with Crippen molar-refractivity contribution in [1.29, 1.82) is 0 Å². The van der Waals surface area contributed by atoms with Gasteiger partial charge in [-0.3, -0.25) is 9.98 Å². The van der Waals surface area contributed by atoms with Crippen LogP contribution in [0.2, 0.25) is 0 Å². The SMILES string of the molecule is CC[C@@H]1CSC2=N[C@@H](c3ccccn3)[C@@H](c3ccc(N4CCCC4)cc3C)N21. The van der Waals surface area contributed by atoms with Crippen molar-refractivity contribution in [2.45, 2.75) is 51.2 Å². The van der Waals surface area contributed by atoms with E-state index in [2.05, 4.69) is 59.0 Å². The third-order valence-electron chi connectivity index (χ3n) is 6.37. The summed E-state index contributed by atoms with van der Waals surface area (Å²) in [5.41, 5.74) is 5.22. The molecule has 0 unspecified atom stereocenters. The summed E-state index contributed by atoms with van der Waals surface area (Å²) in [4.78, 5) is 14.9. The molecule has 3 atom stereocenters. The molecule has 146 valence electrons. The van der Waals surface area contributed by atoms with Gasteiger partial charge in [0, 0.05) is 36.8 Å². The Morgan fingerprint density at radius 1 is 1.14 bits per heavy atom. The molecule has 4 nitrogen and oxygen atoms in total. The lowest BCUT2D eigenvalue weighted by atomic mass is 9.91. The number of anilines is 1. The van der Waals surface area contributed by atoms with Crippen molar-refractivity contribution in [3.63, 3.8) is 0 Å². The van der Waals surface area contributed by atoms with Crippen LogP contribution in [0.5, 0.6) is 0 Å². The summed E-state index contributed by atoms with van der Waals surface area (Å²) in [5.74, 6) is 1.14. The quantitative estimate of drug-likeness (QED) is 0.735. The van der Waals surface area contributed by atoms with Crippen molar-refractivity contribution in [2.24, 2.45) is 4.99 Å². The molecular formula is C23H28N4S. The molecule has 5 rings (SSSR count). The van der Waals surface area contributed by atoms with Crippen LogP contribution in [-0.4, -0.2) is 39.9 Å². The molecule has 1 aromatic carbocycles. The molecule has 0 saturated carbocycles. The van der Waals surface area contributed by atoms with Crippen LogP contribution >= 0.6 is 11.8 Å². The van der Waals surface area contributed by atoms with Crippen molar-refractivity contribution >= 4 is 22.6 Å². The Labute approximate surface area is 172 Å². The van der Waals surface area contributed by atoms with E-state index < -0.39 is 0 Å². The van der Waals surface area contributed by atoms with Crippen molar-refractivity contribution in [3.8, 4) is 0 Å². The first-order chi connectivity index (χ1) is 13.8. The fourth-order valence-corrected chi connectivity index (χ4v) is 6.19. The van der Waals surface area contributed by atoms with Gasteiger partial charge in [-0.05, 0) is 61.6 Å². The Bertz CT molecular complexity index is 875. The number of aromatic nitrogens is 1. The molecule has 2 saturated heterocycles. The molecule has 0 amide bonds. The molecule has 2 aromatic rings. The maximum absolute atomic E-state index is 5.15. The Hall–Kier alpha value is -2.01. The van der Waals surface area contributed by atoms with Gasteiger partial charge in [-0.2, -0.15) is 0 Å². The van der Waals surface area contributed by atoms with E-state index in [9.17, 15) is 0 Å². The zero-order chi connectivity index (χ0) is 19.1. The number of hydrogen-bond donors (Lipinski definition) is 0. The molecule has 1 aromatic heterocycles. The van der Waals surface area contributed by atoms with Crippen molar-refractivity contribution < 1.29 is 0 Å². The van der Waals surface area contributed by atoms with Gasteiger partial charge in [-0.15, -0.1) is 0 Å². The maximum Gasteiger partial charge on any atom is 0.160 e. The van der Waals surface area contributed by atoms with E-state index in [-0.39, 0.29) is 12.1 Å². The summed E-state index contributed by atoms with van der Waals surface area (Å²) in [5, 5.41) is 1.20. The molecule has 28 heavy (non-hydrogen) atoms. The molecular weight excluding hydrogens is 364 g/mol. The molecule has 0 radical (unpaired) electrons. The minimum Gasteiger partial charge on any atom is -0.372 e. The number of benzene rings is 1. The minimum absolute atomic E-state index is 0.0781. The number of amidine groups is 1. The molecule has 0 spiro atoms. The smallest absolute Gasteiger partial charge is 0.160 e. The Balaban J connectivity index is 1.55. The summed E-state index contributed by atoms with van der Waals surface area (Å²) in [6.45, 7) is 6.94. The third-order valence-corrected chi connectivity index (χ3v) is 7.50. The van der Waals surface area contributed by atoms with Gasteiger partial charge in [0.15, 0.2) is 5.17 Å². The second kappa shape index (κ2) is 7.43. The number of hydrogen-bond acceptors (Lipinski definition) is 5. The highest BCUT2D eigenvalue weighted by molar-refractivity contribution is 8.14. The summed E-state index contributed by atoms with van der Waals surface area (Å²) >= 11 is 1.91. The average Bonchev–Trinajstić information content (AvgIpc) is 3.45. The van der Waals surface area contributed by atoms with E-state index >= 15 is 0 Å². The minimum atomic E-state index is 0.0781. The lowest BCUT2D eigenvalue weighted by molar-refractivity contribution is 0.254. The van der Waals surface area contributed by atoms with Gasteiger partial charge in [0.25, 0.3) is 0 Å². The van der Waals surface area contributed by atoms with Gasteiger partial charge in [-0.1, -0.05) is 30.8 Å². The number of nitrogens with zero attached hydrogens (tertiary/aromatic N) is 4. The molecule has 3 aliphatic heterocycles. The van der Waals surface area contributed by atoms with Gasteiger partial charge in [-0.25, -0.2) is 0 Å². The Morgan fingerprint density at radius 2 is 2.00 bits per heavy atom. The van der Waals surface area contributed by atoms with Crippen molar-refractivity contribution in [2.75, 3.05) is 23.7 Å². The lowest BCUT2D eigenvalue weighted by Gasteiger charge is -2.33. The number of pyridine rings is 1.